The van der Waals surface area contributed by atoms with Crippen molar-refractivity contribution in [3.63, 3.8) is 0 Å². The highest BCUT2D eigenvalue weighted by Gasteiger charge is 2.41. The van der Waals surface area contributed by atoms with Crippen LogP contribution in [0, 0.1) is 11.8 Å². The van der Waals surface area contributed by atoms with E-state index in [0.29, 0.717) is 5.75 Å². The van der Waals surface area contributed by atoms with Crippen molar-refractivity contribution in [3.05, 3.63) is 52.1 Å². The minimum absolute atomic E-state index is 0.0193. The predicted octanol–water partition coefficient (Wildman–Crippen LogP) is -1.19. The van der Waals surface area contributed by atoms with E-state index in [1.807, 2.05) is 0 Å². The van der Waals surface area contributed by atoms with Gasteiger partial charge in [0.15, 0.2) is 0 Å². The zero-order valence-electron chi connectivity index (χ0n) is 26.3. The summed E-state index contributed by atoms with van der Waals surface area (Å²) in [6.07, 6.45) is -1.11. The Morgan fingerprint density at radius 1 is 1.12 bits per heavy atom. The van der Waals surface area contributed by atoms with Crippen molar-refractivity contribution in [2.75, 3.05) is 45.3 Å². The van der Waals surface area contributed by atoms with Crippen molar-refractivity contribution in [3.8, 4) is 17.6 Å². The Morgan fingerprint density at radius 3 is 2.57 bits per heavy atom. The fraction of sp³-hybridized carbons (Fsp3) is 0.440. The monoisotopic (exact) mass is 784 g/mol. The molecule has 3 rings (SSSR count). The third-order valence-corrected chi connectivity index (χ3v) is 9.94. The first-order chi connectivity index (χ1) is 23.8. The number of aromatic nitrogens is 2. The van der Waals surface area contributed by atoms with E-state index < -0.39 is 66.1 Å². The summed E-state index contributed by atoms with van der Waals surface area (Å²) in [5.41, 5.74) is 16.4. The number of anilines is 1. The van der Waals surface area contributed by atoms with Gasteiger partial charge in [-0.05, 0) is 31.0 Å². The van der Waals surface area contributed by atoms with Crippen molar-refractivity contribution in [2.45, 2.75) is 31.4 Å². The Balaban J connectivity index is 1.38. The van der Waals surface area contributed by atoms with Crippen LogP contribution in [-0.2, 0) is 45.8 Å². The lowest BCUT2D eigenvalue weighted by Crippen LogP contribution is -2.33. The standard InChI is InChI=1S/C25H35N6O17P3/c26-20(14-44-18-5-1-3-16(11-18)24(28)33)43-10-9-42-15-21(32)29-8-2-4-17-12-31(25(34)30-23(17)27)22-7-6-19(46-22)13-45-50(38,39)48-51(40,41)47-49(35,36)37/h1,3,5,11-12,19-20,22H,6-10,13-15,26H2,(H2,28,33)(H,29,32)(H,38,39)(H,40,41)(H2,27,30,34)(H2,35,36,37)/t19-,20?,22+/m0/s1. The van der Waals surface area contributed by atoms with Crippen LogP contribution in [0.1, 0.15) is 35.0 Å². The number of nitrogens with zero attached hydrogens (tertiary/aromatic N) is 2. The summed E-state index contributed by atoms with van der Waals surface area (Å²) in [7, 11) is -16.6. The van der Waals surface area contributed by atoms with Gasteiger partial charge in [0.2, 0.25) is 11.8 Å². The van der Waals surface area contributed by atoms with E-state index in [1.165, 1.54) is 12.3 Å². The van der Waals surface area contributed by atoms with Crippen molar-refractivity contribution < 1.29 is 75.0 Å². The number of carbonyl (C=O) groups excluding carboxylic acids is 2. The Morgan fingerprint density at radius 2 is 1.86 bits per heavy atom. The molecule has 1 fully saturated rings. The van der Waals surface area contributed by atoms with Crippen LogP contribution < -0.4 is 32.9 Å². The summed E-state index contributed by atoms with van der Waals surface area (Å²) in [5.74, 6) is 4.41. The zero-order valence-corrected chi connectivity index (χ0v) is 29.0. The van der Waals surface area contributed by atoms with Crippen LogP contribution in [0.2, 0.25) is 0 Å². The van der Waals surface area contributed by atoms with Gasteiger partial charge in [-0.25, -0.2) is 18.5 Å². The number of benzene rings is 1. The molecule has 2 aromatic rings. The fourth-order valence-electron chi connectivity index (χ4n) is 4.00. The van der Waals surface area contributed by atoms with Gasteiger partial charge in [-0.3, -0.25) is 18.7 Å². The highest BCUT2D eigenvalue weighted by molar-refractivity contribution is 7.66. The Hall–Kier alpha value is -3.55. The topological polar surface area (TPSA) is 356 Å². The molecule has 23 nitrogen and oxygen atoms in total. The largest absolute Gasteiger partial charge is 0.490 e. The first-order valence-corrected chi connectivity index (χ1v) is 18.9. The summed E-state index contributed by atoms with van der Waals surface area (Å²) in [6, 6.07) is 6.24. The van der Waals surface area contributed by atoms with Crippen molar-refractivity contribution >= 4 is 41.1 Å². The number of nitrogen functional groups attached to an aromatic ring is 1. The molecule has 5 atom stereocenters. The average Bonchev–Trinajstić information content (AvgIpc) is 3.49. The quantitative estimate of drug-likeness (QED) is 0.0359. The molecule has 0 bridgehead atoms. The van der Waals surface area contributed by atoms with E-state index in [-0.39, 0.29) is 62.8 Å². The van der Waals surface area contributed by atoms with E-state index in [4.69, 9.17) is 45.9 Å². The van der Waals surface area contributed by atoms with Gasteiger partial charge < -0.3 is 61.0 Å². The van der Waals surface area contributed by atoms with E-state index in [2.05, 4.69) is 35.3 Å². The van der Waals surface area contributed by atoms with E-state index in [1.54, 1.807) is 18.2 Å². The van der Waals surface area contributed by atoms with Crippen LogP contribution in [0.4, 0.5) is 5.82 Å². The van der Waals surface area contributed by atoms with Crippen molar-refractivity contribution in [2.24, 2.45) is 11.5 Å². The van der Waals surface area contributed by atoms with Gasteiger partial charge in [-0.15, -0.1) is 0 Å². The maximum atomic E-state index is 12.5. The van der Waals surface area contributed by atoms with E-state index >= 15 is 0 Å². The number of phosphoric ester groups is 1. The van der Waals surface area contributed by atoms with E-state index in [9.17, 15) is 37.9 Å². The molecule has 1 saturated heterocycles. The van der Waals surface area contributed by atoms with Gasteiger partial charge in [-0.2, -0.15) is 13.6 Å². The summed E-state index contributed by atoms with van der Waals surface area (Å²) < 4.78 is 68.7. The molecule has 1 aromatic carbocycles. The smallest absolute Gasteiger partial charge is 0.489 e. The molecule has 51 heavy (non-hydrogen) atoms. The van der Waals surface area contributed by atoms with Gasteiger partial charge in [0.25, 0.3) is 0 Å². The van der Waals surface area contributed by atoms with Crippen LogP contribution in [0.5, 0.6) is 5.75 Å². The third-order valence-electron chi connectivity index (χ3n) is 6.14. The summed E-state index contributed by atoms with van der Waals surface area (Å²) >= 11 is 0. The lowest BCUT2D eigenvalue weighted by molar-refractivity contribution is -0.126. The van der Waals surface area contributed by atoms with Crippen LogP contribution in [0.15, 0.2) is 35.3 Å². The number of nitrogens with two attached hydrogens (primary N) is 3. The molecule has 26 heteroatoms. The molecule has 2 amide bonds. The second-order valence-electron chi connectivity index (χ2n) is 10.1. The van der Waals surface area contributed by atoms with Gasteiger partial charge >= 0.3 is 29.2 Å². The predicted molar refractivity (Wildman–Crippen MR) is 171 cm³/mol. The molecule has 1 aliphatic heterocycles. The normalized spacial score (nSPS) is 18.8. The second-order valence-corrected chi connectivity index (χ2v) is 14.6. The molecule has 1 aromatic heterocycles. The third kappa shape index (κ3) is 15.3. The Kier molecular flexibility index (Phi) is 15.4. The molecular formula is C25H35N6O17P3. The number of phosphoric acid groups is 3. The van der Waals surface area contributed by atoms with Gasteiger partial charge in [0.05, 0.1) is 38.0 Å². The Bertz CT molecular complexity index is 1810. The second kappa shape index (κ2) is 18.8. The number of nitrogens with one attached hydrogen (secondary N) is 1. The highest BCUT2D eigenvalue weighted by atomic mass is 31.3. The number of hydrogen-bond donors (Lipinski definition) is 8. The van der Waals surface area contributed by atoms with Gasteiger partial charge in [0.1, 0.15) is 37.2 Å². The molecule has 2 heterocycles. The maximum Gasteiger partial charge on any atom is 0.490 e. The van der Waals surface area contributed by atoms with Gasteiger partial charge in [-0.1, -0.05) is 17.9 Å². The number of hydrogen-bond acceptors (Lipinski definition) is 16. The summed E-state index contributed by atoms with van der Waals surface area (Å²) in [6.45, 7) is -1.06. The lowest BCUT2D eigenvalue weighted by atomic mass is 10.2. The van der Waals surface area contributed by atoms with Crippen LogP contribution in [0.25, 0.3) is 0 Å². The van der Waals surface area contributed by atoms with Crippen molar-refractivity contribution in [1.82, 2.24) is 14.9 Å². The minimum Gasteiger partial charge on any atom is -0.489 e. The number of primary amides is 1. The fourth-order valence-corrected chi connectivity index (χ4v) is 7.05. The summed E-state index contributed by atoms with van der Waals surface area (Å²) in [4.78, 5) is 75.5. The number of carbonyl (C=O) groups is 2. The zero-order chi connectivity index (χ0) is 37.8. The molecule has 282 valence electrons. The SMILES string of the molecule is NC(=O)c1cccc(OCC(N)OCCOCC(=O)NCC#Cc2cn([C@H]3CC[C@@H](COP(=O)(O)OP(=O)(O)OP(=O)(O)O)O3)c(=O)nc2N)c1. The number of ether oxygens (including phenoxy) is 4. The molecule has 11 N–H and O–H groups in total. The summed E-state index contributed by atoms with van der Waals surface area (Å²) in [5, 5.41) is 2.50. The molecule has 3 unspecified atom stereocenters. The van der Waals surface area contributed by atoms with Crippen LogP contribution >= 0.6 is 23.5 Å². The van der Waals surface area contributed by atoms with Crippen molar-refractivity contribution in [1.29, 1.82) is 0 Å². The maximum absolute atomic E-state index is 12.5. The molecule has 0 saturated carbocycles. The highest BCUT2D eigenvalue weighted by Crippen LogP contribution is 2.66. The molecule has 0 radical (unpaired) electrons. The molecular weight excluding hydrogens is 749 g/mol. The van der Waals surface area contributed by atoms with Gasteiger partial charge in [0, 0.05) is 11.8 Å². The minimum atomic E-state index is -5.69. The molecule has 1 aliphatic rings. The number of rotatable bonds is 19. The average molecular weight is 785 g/mol. The molecule has 0 spiro atoms. The van der Waals surface area contributed by atoms with E-state index in [0.717, 1.165) is 4.57 Å². The van der Waals surface area contributed by atoms with Crippen LogP contribution in [-0.4, -0.2) is 92.9 Å². The number of amides is 2. The first-order valence-electron chi connectivity index (χ1n) is 14.4. The molecule has 0 aliphatic carbocycles. The first kappa shape index (κ1) is 41.9. The Labute approximate surface area is 288 Å². The lowest BCUT2D eigenvalue weighted by Gasteiger charge is -2.19. The van der Waals surface area contributed by atoms with Crippen LogP contribution in [0.3, 0.4) is 0 Å².